The van der Waals surface area contributed by atoms with Gasteiger partial charge < -0.3 is 0 Å². The molecule has 0 amide bonds. The third-order valence-electron chi connectivity index (χ3n) is 0.982. The van der Waals surface area contributed by atoms with Crippen LogP contribution in [0.25, 0.3) is 0 Å². The second-order valence-corrected chi connectivity index (χ2v) is 1.78. The predicted octanol–water partition coefficient (Wildman–Crippen LogP) is 2.11. The van der Waals surface area contributed by atoms with Crippen molar-refractivity contribution < 1.29 is 4.79 Å². The number of halogens is 1. The van der Waals surface area contributed by atoms with Crippen LogP contribution in [0.3, 0.4) is 0 Å². The fourth-order valence-electron chi connectivity index (χ4n) is 0.457. The lowest BCUT2D eigenvalue weighted by Crippen LogP contribution is -1.89. The van der Waals surface area contributed by atoms with Crippen LogP contribution in [0.4, 0.5) is 0 Å². The summed E-state index contributed by atoms with van der Waals surface area (Å²) in [5.41, 5.74) is 0.687. The molecule has 0 N–H and O–H groups in total. The number of allylic oxidation sites excluding steroid dienone is 2. The maximum absolute atomic E-state index is 10.3. The van der Waals surface area contributed by atoms with E-state index < -0.39 is 0 Å². The lowest BCUT2D eigenvalue weighted by atomic mass is 10.2. The van der Waals surface area contributed by atoms with Crippen LogP contribution in [-0.2, 0) is 4.79 Å². The molecule has 0 spiro atoms. The van der Waals surface area contributed by atoms with E-state index in [1.54, 1.807) is 13.0 Å². The zero-order chi connectivity index (χ0) is 6.57. The first-order chi connectivity index (χ1) is 3.72. The van der Waals surface area contributed by atoms with Gasteiger partial charge >= 0.3 is 0 Å². The Morgan fingerprint density at radius 2 is 2.25 bits per heavy atom. The van der Waals surface area contributed by atoms with Crippen LogP contribution in [0.1, 0.15) is 20.3 Å². The van der Waals surface area contributed by atoms with Crippen LogP contribution in [0.5, 0.6) is 0 Å². The summed E-state index contributed by atoms with van der Waals surface area (Å²) in [6.45, 7) is 3.70. The van der Waals surface area contributed by atoms with E-state index >= 15 is 0 Å². The quantitative estimate of drug-likeness (QED) is 0.416. The van der Waals surface area contributed by atoms with Crippen molar-refractivity contribution in [3.8, 4) is 0 Å². The highest BCUT2D eigenvalue weighted by Gasteiger charge is 1.98. The van der Waals surface area contributed by atoms with E-state index in [4.69, 9.17) is 11.6 Å². The zero-order valence-electron chi connectivity index (χ0n) is 5.07. The van der Waals surface area contributed by atoms with Crippen LogP contribution in [0.2, 0.25) is 0 Å². The predicted molar refractivity (Wildman–Crippen MR) is 34.9 cm³/mol. The van der Waals surface area contributed by atoms with Gasteiger partial charge in [0.15, 0.2) is 0 Å². The van der Waals surface area contributed by atoms with Gasteiger partial charge in [-0.1, -0.05) is 13.0 Å². The van der Waals surface area contributed by atoms with E-state index in [2.05, 4.69) is 0 Å². The van der Waals surface area contributed by atoms with E-state index in [1.807, 2.05) is 6.92 Å². The van der Waals surface area contributed by atoms with Gasteiger partial charge in [-0.2, -0.15) is 0 Å². The summed E-state index contributed by atoms with van der Waals surface area (Å²) in [6.07, 6.45) is 2.45. The maximum atomic E-state index is 10.3. The Balaban J connectivity index is 3.92. The van der Waals surface area contributed by atoms with Crippen molar-refractivity contribution in [2.24, 2.45) is 0 Å². The first-order valence-corrected chi connectivity index (χ1v) is 2.95. The molecule has 0 aromatic heterocycles. The van der Waals surface area contributed by atoms with Crippen molar-refractivity contribution in [3.63, 3.8) is 0 Å². The minimum atomic E-state index is -0.338. The first-order valence-electron chi connectivity index (χ1n) is 2.57. The number of carbonyl (C=O) groups is 1. The van der Waals surface area contributed by atoms with E-state index in [1.165, 1.54) is 0 Å². The molecule has 0 saturated carbocycles. The van der Waals surface area contributed by atoms with Crippen molar-refractivity contribution in [3.05, 3.63) is 11.6 Å². The molecule has 0 aromatic rings. The molecule has 8 heavy (non-hydrogen) atoms. The van der Waals surface area contributed by atoms with Crippen molar-refractivity contribution in [2.75, 3.05) is 0 Å². The summed E-state index contributed by atoms with van der Waals surface area (Å²) in [5.74, 6) is 0. The Hall–Kier alpha value is -0.300. The van der Waals surface area contributed by atoms with E-state index in [-0.39, 0.29) is 5.24 Å². The van der Waals surface area contributed by atoms with Crippen LogP contribution in [0, 0.1) is 0 Å². The van der Waals surface area contributed by atoms with Crippen molar-refractivity contribution >= 4 is 16.8 Å². The molecule has 0 unspecified atom stereocenters. The monoisotopic (exact) mass is 132 g/mol. The zero-order valence-corrected chi connectivity index (χ0v) is 5.83. The van der Waals surface area contributed by atoms with E-state index in [9.17, 15) is 4.79 Å². The molecular weight excluding hydrogens is 124 g/mol. The molecule has 0 radical (unpaired) electrons. The van der Waals surface area contributed by atoms with Gasteiger partial charge in [0, 0.05) is 5.57 Å². The number of hydrogen-bond acceptors (Lipinski definition) is 1. The second kappa shape index (κ2) is 3.67. The van der Waals surface area contributed by atoms with Gasteiger partial charge in [-0.3, -0.25) is 4.79 Å². The molecule has 0 aliphatic carbocycles. The summed E-state index contributed by atoms with van der Waals surface area (Å²) in [7, 11) is 0. The molecule has 0 aromatic carbocycles. The third-order valence-corrected chi connectivity index (χ3v) is 1.22. The maximum Gasteiger partial charge on any atom is 0.248 e. The van der Waals surface area contributed by atoms with Crippen LogP contribution in [0.15, 0.2) is 11.6 Å². The van der Waals surface area contributed by atoms with Gasteiger partial charge in [-0.15, -0.1) is 0 Å². The van der Waals surface area contributed by atoms with Gasteiger partial charge in [-0.05, 0) is 24.9 Å². The molecule has 0 atom stereocenters. The topological polar surface area (TPSA) is 17.1 Å². The Labute approximate surface area is 54.3 Å². The van der Waals surface area contributed by atoms with E-state index in [0.717, 1.165) is 6.42 Å². The Bertz CT molecular complexity index is 116. The second-order valence-electron chi connectivity index (χ2n) is 1.44. The lowest BCUT2D eigenvalue weighted by Gasteiger charge is -1.90. The number of rotatable bonds is 2. The van der Waals surface area contributed by atoms with Crippen LogP contribution in [-0.4, -0.2) is 5.24 Å². The summed E-state index contributed by atoms with van der Waals surface area (Å²) in [5, 5.41) is -0.338. The van der Waals surface area contributed by atoms with Gasteiger partial charge in [-0.25, -0.2) is 0 Å². The Morgan fingerprint density at radius 1 is 1.75 bits per heavy atom. The van der Waals surface area contributed by atoms with Crippen LogP contribution < -0.4 is 0 Å². The molecule has 0 heterocycles. The number of hydrogen-bond donors (Lipinski definition) is 0. The number of carbonyl (C=O) groups excluding carboxylic acids is 1. The molecule has 0 aliphatic heterocycles. The fourth-order valence-corrected chi connectivity index (χ4v) is 0.699. The summed E-state index contributed by atoms with van der Waals surface area (Å²) in [6, 6.07) is 0. The minimum absolute atomic E-state index is 0.338. The van der Waals surface area contributed by atoms with Gasteiger partial charge in [0.2, 0.25) is 5.24 Å². The van der Waals surface area contributed by atoms with Crippen molar-refractivity contribution in [1.29, 1.82) is 0 Å². The molecule has 2 heteroatoms. The first kappa shape index (κ1) is 7.70. The molecule has 0 aliphatic rings. The molecule has 1 nitrogen and oxygen atoms in total. The molecule has 0 bridgehead atoms. The normalized spacial score (nSPS) is 11.6. The van der Waals surface area contributed by atoms with Gasteiger partial charge in [0.1, 0.15) is 0 Å². The highest BCUT2D eigenvalue weighted by atomic mass is 35.5. The van der Waals surface area contributed by atoms with Crippen LogP contribution >= 0.6 is 11.6 Å². The summed E-state index contributed by atoms with van der Waals surface area (Å²) in [4.78, 5) is 10.3. The van der Waals surface area contributed by atoms with Crippen molar-refractivity contribution in [2.45, 2.75) is 20.3 Å². The highest BCUT2D eigenvalue weighted by Crippen LogP contribution is 2.03. The van der Waals surface area contributed by atoms with Crippen molar-refractivity contribution in [1.82, 2.24) is 0 Å². The third kappa shape index (κ3) is 2.12. The standard InChI is InChI=1S/C6H9ClO/c1-3-5(4-2)6(7)8/h3H,4H2,1-2H3/b5-3+. The molecule has 0 saturated heterocycles. The Kier molecular flexibility index (Phi) is 3.53. The lowest BCUT2D eigenvalue weighted by molar-refractivity contribution is -0.108. The minimum Gasteiger partial charge on any atom is -0.276 e. The van der Waals surface area contributed by atoms with Gasteiger partial charge in [0.25, 0.3) is 0 Å². The SMILES string of the molecule is C/C=C(\CC)C(=O)Cl. The largest absolute Gasteiger partial charge is 0.276 e. The summed E-state index contributed by atoms with van der Waals surface area (Å²) < 4.78 is 0. The molecule has 46 valence electrons. The smallest absolute Gasteiger partial charge is 0.248 e. The fraction of sp³-hybridized carbons (Fsp3) is 0.500. The molecule has 0 fully saturated rings. The summed E-state index contributed by atoms with van der Waals surface area (Å²) >= 11 is 5.14. The average molecular weight is 133 g/mol. The highest BCUT2D eigenvalue weighted by molar-refractivity contribution is 6.67. The average Bonchev–Trinajstić information content (AvgIpc) is 1.69. The van der Waals surface area contributed by atoms with Gasteiger partial charge in [0.05, 0.1) is 0 Å². The molecule has 0 rings (SSSR count). The molecular formula is C6H9ClO. The van der Waals surface area contributed by atoms with E-state index in [0.29, 0.717) is 5.57 Å². The Morgan fingerprint density at radius 3 is 2.25 bits per heavy atom.